The lowest BCUT2D eigenvalue weighted by molar-refractivity contribution is -0.105. The lowest BCUT2D eigenvalue weighted by Gasteiger charge is -2.17. The molecular weight excluding hydrogens is 316 g/mol. The summed E-state index contributed by atoms with van der Waals surface area (Å²) < 4.78 is 23.0. The van der Waals surface area contributed by atoms with E-state index in [2.05, 4.69) is 5.32 Å². The number of anilines is 1. The number of urea groups is 1. The molecule has 1 N–H and O–H groups in total. The van der Waals surface area contributed by atoms with Crippen LogP contribution in [0.2, 0.25) is 0 Å². The minimum absolute atomic E-state index is 0.142. The topological polar surface area (TPSA) is 75.7 Å². The van der Waals surface area contributed by atoms with Crippen molar-refractivity contribution in [3.05, 3.63) is 60.2 Å². The third-order valence-corrected chi connectivity index (χ3v) is 4.18. The minimum atomic E-state index is -3.32. The number of rotatable bonds is 5. The van der Waals surface area contributed by atoms with Gasteiger partial charge in [0, 0.05) is 19.0 Å². The van der Waals surface area contributed by atoms with Crippen LogP contribution in [0.5, 0.6) is 0 Å². The maximum absolute atomic E-state index is 12.0. The van der Waals surface area contributed by atoms with Crippen LogP contribution >= 0.6 is 0 Å². The molecule has 0 bridgehead atoms. The number of hydrogen-bond acceptors (Lipinski definition) is 4. The molecule has 0 aliphatic heterocycles. The number of benzene rings is 2. The van der Waals surface area contributed by atoms with E-state index in [1.54, 1.807) is 12.1 Å². The lowest BCUT2D eigenvalue weighted by atomic mass is 10.2. The molecule has 0 radical (unpaired) electrons. The summed E-state index contributed by atoms with van der Waals surface area (Å²) in [6, 6.07) is 15.0. The van der Waals surface area contributed by atoms with E-state index in [1.807, 2.05) is 30.3 Å². The second kappa shape index (κ2) is 7.26. The van der Waals surface area contributed by atoms with Gasteiger partial charge in [-0.15, -0.1) is 0 Å². The maximum Gasteiger partial charge on any atom is 0.345 e. The highest BCUT2D eigenvalue weighted by Crippen LogP contribution is 2.15. The summed E-state index contributed by atoms with van der Waals surface area (Å²) in [5, 5.41) is 3.66. The van der Waals surface area contributed by atoms with Gasteiger partial charge in [0.25, 0.3) is 0 Å². The smallest absolute Gasteiger partial charge is 0.306 e. The van der Waals surface area contributed by atoms with Crippen LogP contribution in [0, 0.1) is 0 Å². The Labute approximate surface area is 135 Å². The van der Waals surface area contributed by atoms with E-state index < -0.39 is 15.9 Å². The number of hydrogen-bond donors (Lipinski definition) is 1. The zero-order chi connectivity index (χ0) is 16.9. The van der Waals surface area contributed by atoms with Crippen molar-refractivity contribution in [1.29, 1.82) is 0 Å². The Morgan fingerprint density at radius 1 is 1.13 bits per heavy atom. The predicted molar refractivity (Wildman–Crippen MR) is 87.6 cm³/mol. The Balaban J connectivity index is 1.96. The van der Waals surface area contributed by atoms with Gasteiger partial charge >= 0.3 is 6.03 Å². The molecule has 23 heavy (non-hydrogen) atoms. The van der Waals surface area contributed by atoms with Gasteiger partial charge in [-0.3, -0.25) is 4.84 Å². The first-order valence-corrected chi connectivity index (χ1v) is 8.77. The normalized spacial score (nSPS) is 11.0. The van der Waals surface area contributed by atoms with Crippen molar-refractivity contribution < 1.29 is 18.0 Å². The second-order valence-electron chi connectivity index (χ2n) is 4.99. The van der Waals surface area contributed by atoms with Crippen LogP contribution in [0.1, 0.15) is 5.56 Å². The van der Waals surface area contributed by atoms with Crippen molar-refractivity contribution in [1.82, 2.24) is 5.06 Å². The van der Waals surface area contributed by atoms with Gasteiger partial charge in [0.05, 0.1) is 4.90 Å². The molecule has 0 fully saturated rings. The van der Waals surface area contributed by atoms with Gasteiger partial charge < -0.3 is 5.32 Å². The summed E-state index contributed by atoms with van der Waals surface area (Å²) in [4.78, 5) is 17.5. The predicted octanol–water partition coefficient (Wildman–Crippen LogP) is 2.69. The van der Waals surface area contributed by atoms with Crippen LogP contribution in [0.3, 0.4) is 0 Å². The maximum atomic E-state index is 12.0. The second-order valence-corrected chi connectivity index (χ2v) is 7.00. The molecule has 7 heteroatoms. The number of sulfone groups is 1. The van der Waals surface area contributed by atoms with Crippen molar-refractivity contribution in [2.24, 2.45) is 0 Å². The van der Waals surface area contributed by atoms with Gasteiger partial charge in [-0.1, -0.05) is 36.4 Å². The molecule has 2 rings (SSSR count). The molecule has 2 aromatic rings. The van der Waals surface area contributed by atoms with E-state index in [-0.39, 0.29) is 11.5 Å². The van der Waals surface area contributed by atoms with Crippen LogP contribution in [0.15, 0.2) is 59.5 Å². The Kier molecular flexibility index (Phi) is 5.36. The fraction of sp³-hybridized carbons (Fsp3) is 0.188. The van der Waals surface area contributed by atoms with Crippen LogP contribution in [-0.4, -0.2) is 32.8 Å². The molecular formula is C16H18N2O4S. The van der Waals surface area contributed by atoms with E-state index in [0.717, 1.165) is 16.9 Å². The van der Waals surface area contributed by atoms with Crippen LogP contribution in [-0.2, 0) is 21.3 Å². The van der Waals surface area contributed by atoms with E-state index in [0.29, 0.717) is 5.69 Å². The molecule has 0 spiro atoms. The first-order valence-electron chi connectivity index (χ1n) is 6.88. The summed E-state index contributed by atoms with van der Waals surface area (Å²) in [5.74, 6) is 0. The summed E-state index contributed by atoms with van der Waals surface area (Å²) >= 11 is 0. The first-order chi connectivity index (χ1) is 10.9. The Bertz CT molecular complexity index is 776. The van der Waals surface area contributed by atoms with Gasteiger partial charge in [-0.25, -0.2) is 18.3 Å². The summed E-state index contributed by atoms with van der Waals surface area (Å²) in [7, 11) is -1.84. The average Bonchev–Trinajstić information content (AvgIpc) is 2.53. The number of amides is 2. The molecule has 0 saturated heterocycles. The first kappa shape index (κ1) is 17.0. The largest absolute Gasteiger partial charge is 0.345 e. The van der Waals surface area contributed by atoms with Crippen LogP contribution in [0.25, 0.3) is 0 Å². The van der Waals surface area contributed by atoms with Crippen molar-refractivity contribution in [3.63, 3.8) is 0 Å². The highest BCUT2D eigenvalue weighted by molar-refractivity contribution is 7.90. The average molecular weight is 334 g/mol. The third kappa shape index (κ3) is 5.08. The van der Waals surface area contributed by atoms with Gasteiger partial charge in [-0.05, 0) is 23.8 Å². The number of carbonyl (C=O) groups is 1. The highest BCUT2D eigenvalue weighted by Gasteiger charge is 2.12. The SMILES string of the molecule is CN(OCc1ccccc1)C(=O)Nc1cccc(S(C)(=O)=O)c1. The molecule has 0 aliphatic rings. The molecule has 0 atom stereocenters. The molecule has 2 amide bonds. The van der Waals surface area contributed by atoms with Gasteiger partial charge in [0.2, 0.25) is 0 Å². The third-order valence-electron chi connectivity index (χ3n) is 3.07. The van der Waals surface area contributed by atoms with E-state index in [4.69, 9.17) is 4.84 Å². The quantitative estimate of drug-likeness (QED) is 0.853. The summed E-state index contributed by atoms with van der Waals surface area (Å²) in [6.07, 6.45) is 1.11. The highest BCUT2D eigenvalue weighted by atomic mass is 32.2. The van der Waals surface area contributed by atoms with Crippen LogP contribution in [0.4, 0.5) is 10.5 Å². The summed E-state index contributed by atoms with van der Waals surface area (Å²) in [6.45, 7) is 0.258. The fourth-order valence-corrected chi connectivity index (χ4v) is 2.48. The van der Waals surface area contributed by atoms with Gasteiger partial charge in [0.15, 0.2) is 9.84 Å². The Morgan fingerprint density at radius 2 is 1.83 bits per heavy atom. The lowest BCUT2D eigenvalue weighted by Crippen LogP contribution is -2.31. The van der Waals surface area contributed by atoms with Crippen molar-refractivity contribution in [3.8, 4) is 0 Å². The monoisotopic (exact) mass is 334 g/mol. The van der Waals surface area contributed by atoms with E-state index in [9.17, 15) is 13.2 Å². The van der Waals surface area contributed by atoms with Gasteiger partial charge in [-0.2, -0.15) is 0 Å². The van der Waals surface area contributed by atoms with Crippen LogP contribution < -0.4 is 5.32 Å². The molecule has 0 aliphatic carbocycles. The summed E-state index contributed by atoms with van der Waals surface area (Å²) in [5.41, 5.74) is 1.32. The number of nitrogens with zero attached hydrogens (tertiary/aromatic N) is 1. The molecule has 0 heterocycles. The van der Waals surface area contributed by atoms with E-state index in [1.165, 1.54) is 19.2 Å². The van der Waals surface area contributed by atoms with Crippen molar-refractivity contribution in [2.75, 3.05) is 18.6 Å². The zero-order valence-corrected chi connectivity index (χ0v) is 13.7. The number of hydroxylamine groups is 2. The molecule has 6 nitrogen and oxygen atoms in total. The zero-order valence-electron chi connectivity index (χ0n) is 12.9. The van der Waals surface area contributed by atoms with Crippen molar-refractivity contribution >= 4 is 21.6 Å². The van der Waals surface area contributed by atoms with E-state index >= 15 is 0 Å². The minimum Gasteiger partial charge on any atom is -0.306 e. The number of nitrogens with one attached hydrogen (secondary N) is 1. The van der Waals surface area contributed by atoms with Crippen molar-refractivity contribution in [2.45, 2.75) is 11.5 Å². The molecule has 0 aromatic heterocycles. The standard InChI is InChI=1S/C16H18N2O4S/c1-18(22-12-13-7-4-3-5-8-13)16(19)17-14-9-6-10-15(11-14)23(2,20)21/h3-11H,12H2,1-2H3,(H,17,19). The number of carbonyl (C=O) groups excluding carboxylic acids is 1. The molecule has 0 saturated carbocycles. The molecule has 2 aromatic carbocycles. The molecule has 122 valence electrons. The molecule has 0 unspecified atom stereocenters. The Hall–Kier alpha value is -2.38. The van der Waals surface area contributed by atoms with Gasteiger partial charge in [0.1, 0.15) is 6.61 Å². The Morgan fingerprint density at radius 3 is 2.48 bits per heavy atom. The fourth-order valence-electron chi connectivity index (χ4n) is 1.81.